The number of rotatable bonds is 5. The van der Waals surface area contributed by atoms with Gasteiger partial charge in [0.1, 0.15) is 5.82 Å². The summed E-state index contributed by atoms with van der Waals surface area (Å²) >= 11 is 0. The summed E-state index contributed by atoms with van der Waals surface area (Å²) in [6.45, 7) is 2.18. The van der Waals surface area contributed by atoms with Crippen molar-refractivity contribution in [1.29, 1.82) is 0 Å². The summed E-state index contributed by atoms with van der Waals surface area (Å²) in [4.78, 5) is 27.3. The van der Waals surface area contributed by atoms with E-state index in [4.69, 9.17) is 4.74 Å². The van der Waals surface area contributed by atoms with E-state index >= 15 is 0 Å². The van der Waals surface area contributed by atoms with Crippen LogP contribution in [-0.4, -0.2) is 68.8 Å². The third-order valence-electron chi connectivity index (χ3n) is 5.90. The van der Waals surface area contributed by atoms with E-state index in [2.05, 4.69) is 5.32 Å². The number of amides is 2. The van der Waals surface area contributed by atoms with Gasteiger partial charge in [-0.3, -0.25) is 9.59 Å². The number of hydrogen-bond donors (Lipinski definition) is 1. The van der Waals surface area contributed by atoms with Crippen LogP contribution >= 0.6 is 0 Å². The van der Waals surface area contributed by atoms with E-state index in [-0.39, 0.29) is 29.2 Å². The molecule has 0 bridgehead atoms. The molecule has 0 radical (unpaired) electrons. The third-order valence-corrected chi connectivity index (χ3v) is 7.81. The van der Waals surface area contributed by atoms with Crippen molar-refractivity contribution >= 4 is 27.5 Å². The molecule has 0 saturated carbocycles. The Balaban J connectivity index is 1.37. The number of ether oxygens (including phenoxy) is 1. The maximum Gasteiger partial charge on any atom is 0.253 e. The molecular formula is C23H26FN3O5S. The van der Waals surface area contributed by atoms with E-state index < -0.39 is 15.8 Å². The number of nitrogens with zero attached hydrogens (tertiary/aromatic N) is 2. The van der Waals surface area contributed by atoms with Crippen LogP contribution < -0.4 is 5.32 Å². The maximum atomic E-state index is 13.1. The number of benzene rings is 2. The average Bonchev–Trinajstić information content (AvgIpc) is 2.85. The van der Waals surface area contributed by atoms with Crippen LogP contribution in [0.3, 0.4) is 0 Å². The highest BCUT2D eigenvalue weighted by Crippen LogP contribution is 2.23. The predicted molar refractivity (Wildman–Crippen MR) is 120 cm³/mol. The minimum absolute atomic E-state index is 0.163. The highest BCUT2D eigenvalue weighted by Gasteiger charge is 2.30. The molecule has 2 aromatic rings. The number of hydrogen-bond acceptors (Lipinski definition) is 5. The molecule has 0 unspecified atom stereocenters. The van der Waals surface area contributed by atoms with Crippen molar-refractivity contribution < 1.29 is 27.1 Å². The number of carbonyl (C=O) groups excluding carboxylic acids is 2. The Labute approximate surface area is 192 Å². The smallest absolute Gasteiger partial charge is 0.253 e. The monoisotopic (exact) mass is 475 g/mol. The van der Waals surface area contributed by atoms with E-state index in [1.165, 1.54) is 40.7 Å². The van der Waals surface area contributed by atoms with Crippen molar-refractivity contribution in [3.8, 4) is 0 Å². The van der Waals surface area contributed by atoms with Gasteiger partial charge >= 0.3 is 0 Å². The van der Waals surface area contributed by atoms with E-state index in [1.54, 1.807) is 17.0 Å². The number of anilines is 1. The van der Waals surface area contributed by atoms with E-state index in [0.717, 1.165) is 0 Å². The Morgan fingerprint density at radius 1 is 0.970 bits per heavy atom. The van der Waals surface area contributed by atoms with Gasteiger partial charge in [0.25, 0.3) is 5.91 Å². The molecule has 2 saturated heterocycles. The molecular weight excluding hydrogens is 449 g/mol. The fourth-order valence-corrected chi connectivity index (χ4v) is 5.45. The summed E-state index contributed by atoms with van der Waals surface area (Å²) in [6.07, 6.45) is 1.32. The molecule has 0 aliphatic carbocycles. The fourth-order valence-electron chi connectivity index (χ4n) is 4.04. The molecule has 0 spiro atoms. The highest BCUT2D eigenvalue weighted by molar-refractivity contribution is 7.89. The largest absolute Gasteiger partial charge is 0.379 e. The second kappa shape index (κ2) is 9.98. The van der Waals surface area contributed by atoms with Gasteiger partial charge in [-0.05, 0) is 61.4 Å². The van der Waals surface area contributed by atoms with Crippen molar-refractivity contribution in [2.24, 2.45) is 5.92 Å². The zero-order valence-corrected chi connectivity index (χ0v) is 18.9. The number of piperidine rings is 1. The first-order valence-electron chi connectivity index (χ1n) is 10.9. The molecule has 2 aliphatic heterocycles. The quantitative estimate of drug-likeness (QED) is 0.716. The number of morpholine rings is 1. The number of sulfonamides is 1. The van der Waals surface area contributed by atoms with Gasteiger partial charge in [-0.2, -0.15) is 4.31 Å². The second-order valence-electron chi connectivity index (χ2n) is 8.13. The summed E-state index contributed by atoms with van der Waals surface area (Å²) in [5.41, 5.74) is 0.873. The van der Waals surface area contributed by atoms with Crippen molar-refractivity contribution in [1.82, 2.24) is 9.21 Å². The molecule has 1 atom stereocenters. The molecule has 10 heteroatoms. The lowest BCUT2D eigenvalue weighted by Gasteiger charge is -2.32. The first kappa shape index (κ1) is 23.3. The van der Waals surface area contributed by atoms with Crippen molar-refractivity contribution in [3.63, 3.8) is 0 Å². The number of nitrogens with one attached hydrogen (secondary N) is 1. The van der Waals surface area contributed by atoms with Gasteiger partial charge in [0.15, 0.2) is 0 Å². The predicted octanol–water partition coefficient (Wildman–Crippen LogP) is 2.34. The Bertz CT molecular complexity index is 1100. The number of halogens is 1. The molecule has 2 fully saturated rings. The maximum absolute atomic E-state index is 13.1. The van der Waals surface area contributed by atoms with Crippen LogP contribution in [0.1, 0.15) is 23.2 Å². The van der Waals surface area contributed by atoms with Gasteiger partial charge in [-0.15, -0.1) is 0 Å². The topological polar surface area (TPSA) is 96.0 Å². The molecule has 2 amide bonds. The van der Waals surface area contributed by atoms with Crippen molar-refractivity contribution in [2.45, 2.75) is 17.7 Å². The van der Waals surface area contributed by atoms with Crippen molar-refractivity contribution in [2.75, 3.05) is 44.7 Å². The van der Waals surface area contributed by atoms with Crippen molar-refractivity contribution in [3.05, 3.63) is 59.9 Å². The van der Waals surface area contributed by atoms with E-state index in [1.807, 2.05) is 0 Å². The van der Waals surface area contributed by atoms with Crippen LogP contribution in [0.4, 0.5) is 10.1 Å². The third kappa shape index (κ3) is 5.40. The zero-order chi connectivity index (χ0) is 23.4. The Kier molecular flexibility index (Phi) is 7.06. The zero-order valence-electron chi connectivity index (χ0n) is 18.1. The molecule has 33 heavy (non-hydrogen) atoms. The summed E-state index contributed by atoms with van der Waals surface area (Å²) in [7, 11) is -3.60. The summed E-state index contributed by atoms with van der Waals surface area (Å²) in [5, 5.41) is 2.82. The standard InChI is InChI=1S/C23H26FN3O5S/c24-19-5-3-17(4-6-19)23(29)26-11-1-2-18(16-26)22(28)25-20-7-9-21(10-8-20)33(30,31)27-12-14-32-15-13-27/h3-10,18H,1-2,11-16H2,(H,25,28)/t18-/m1/s1. The second-order valence-corrected chi connectivity index (χ2v) is 10.1. The van der Waals surface area contributed by atoms with E-state index in [9.17, 15) is 22.4 Å². The normalized spacial score (nSPS) is 19.8. The van der Waals surface area contributed by atoms with Gasteiger partial charge < -0.3 is 15.0 Å². The molecule has 2 aromatic carbocycles. The average molecular weight is 476 g/mol. The molecule has 4 rings (SSSR count). The molecule has 0 aromatic heterocycles. The first-order valence-corrected chi connectivity index (χ1v) is 12.3. The summed E-state index contributed by atoms with van der Waals surface area (Å²) in [6, 6.07) is 11.4. The Morgan fingerprint density at radius 3 is 2.30 bits per heavy atom. The van der Waals surface area contributed by atoms with E-state index in [0.29, 0.717) is 56.9 Å². The van der Waals surface area contributed by atoms with Crippen LogP contribution in [0.15, 0.2) is 53.4 Å². The SMILES string of the molecule is O=C(Nc1ccc(S(=O)(=O)N2CCOCC2)cc1)[C@@H]1CCCN(C(=O)c2ccc(F)cc2)C1. The molecule has 176 valence electrons. The number of carbonyl (C=O) groups is 2. The van der Waals surface area contributed by atoms with Gasteiger partial charge in [0.05, 0.1) is 24.0 Å². The lowest BCUT2D eigenvalue weighted by Crippen LogP contribution is -2.43. The lowest BCUT2D eigenvalue weighted by atomic mass is 9.96. The minimum Gasteiger partial charge on any atom is -0.379 e. The minimum atomic E-state index is -3.60. The van der Waals surface area contributed by atoms with Crippen LogP contribution in [0.25, 0.3) is 0 Å². The van der Waals surface area contributed by atoms with Gasteiger partial charge in [0, 0.05) is 37.4 Å². The summed E-state index contributed by atoms with van der Waals surface area (Å²) in [5.74, 6) is -1.26. The van der Waals surface area contributed by atoms with Crippen LogP contribution in [0, 0.1) is 11.7 Å². The Hall–Kier alpha value is -2.82. The first-order chi connectivity index (χ1) is 15.8. The molecule has 8 nitrogen and oxygen atoms in total. The van der Waals surface area contributed by atoms with Crippen LogP contribution in [0.5, 0.6) is 0 Å². The van der Waals surface area contributed by atoms with Gasteiger partial charge in [-0.25, -0.2) is 12.8 Å². The molecule has 2 heterocycles. The fraction of sp³-hybridized carbons (Fsp3) is 0.391. The summed E-state index contributed by atoms with van der Waals surface area (Å²) < 4.78 is 45.2. The number of likely N-dealkylation sites (tertiary alicyclic amines) is 1. The van der Waals surface area contributed by atoms with Gasteiger partial charge in [-0.1, -0.05) is 0 Å². The van der Waals surface area contributed by atoms with Crippen LogP contribution in [-0.2, 0) is 19.6 Å². The highest BCUT2D eigenvalue weighted by atomic mass is 32.2. The lowest BCUT2D eigenvalue weighted by molar-refractivity contribution is -0.121. The molecule has 1 N–H and O–H groups in total. The molecule has 2 aliphatic rings. The van der Waals surface area contributed by atoms with Gasteiger partial charge in [0.2, 0.25) is 15.9 Å². The van der Waals surface area contributed by atoms with Crippen LogP contribution in [0.2, 0.25) is 0 Å². The Morgan fingerprint density at radius 2 is 1.64 bits per heavy atom.